The van der Waals surface area contributed by atoms with E-state index in [1.807, 2.05) is 30.5 Å². The number of pyridine rings is 1. The van der Waals surface area contributed by atoms with Crippen molar-refractivity contribution >= 4 is 43.8 Å². The summed E-state index contributed by atoms with van der Waals surface area (Å²) in [5.74, 6) is -0.170. The van der Waals surface area contributed by atoms with E-state index in [-0.39, 0.29) is 11.4 Å². The summed E-state index contributed by atoms with van der Waals surface area (Å²) in [7, 11) is 0. The second kappa shape index (κ2) is 6.80. The second-order valence-electron chi connectivity index (χ2n) is 6.05. The van der Waals surface area contributed by atoms with Crippen LogP contribution in [0.4, 0.5) is 0 Å². The lowest BCUT2D eigenvalue weighted by Crippen LogP contribution is -2.08. The van der Waals surface area contributed by atoms with E-state index in [1.165, 1.54) is 10.9 Å². The lowest BCUT2D eigenvalue weighted by molar-refractivity contribution is 0.452. The molecule has 0 bridgehead atoms. The van der Waals surface area contributed by atoms with Gasteiger partial charge < -0.3 is 10.1 Å². The van der Waals surface area contributed by atoms with Crippen molar-refractivity contribution in [3.05, 3.63) is 74.6 Å². The molecule has 130 valence electrons. The topological polar surface area (TPSA) is 81.2 Å². The minimum atomic E-state index is -0.319. The predicted molar refractivity (Wildman–Crippen MR) is 108 cm³/mol. The van der Waals surface area contributed by atoms with Crippen LogP contribution in [0.5, 0.6) is 5.88 Å². The summed E-state index contributed by atoms with van der Waals surface area (Å²) in [6.45, 7) is 0.579. The third kappa shape index (κ3) is 3.04. The molecular formula is C20H16BrN3O2. The van der Waals surface area contributed by atoms with Crippen molar-refractivity contribution in [1.29, 1.82) is 0 Å². The Morgan fingerprint density at radius 2 is 1.96 bits per heavy atom. The summed E-state index contributed by atoms with van der Waals surface area (Å²) in [6, 6.07) is 13.5. The molecule has 0 aliphatic heterocycles. The molecular weight excluding hydrogens is 394 g/mol. The van der Waals surface area contributed by atoms with Crippen molar-refractivity contribution in [2.24, 2.45) is 4.99 Å². The van der Waals surface area contributed by atoms with Gasteiger partial charge in [0.25, 0.3) is 5.56 Å². The molecule has 0 atom stereocenters. The van der Waals surface area contributed by atoms with E-state index in [0.29, 0.717) is 22.9 Å². The number of aromatic nitrogens is 2. The summed E-state index contributed by atoms with van der Waals surface area (Å²) < 4.78 is 0.837. The van der Waals surface area contributed by atoms with Gasteiger partial charge in [-0.05, 0) is 36.2 Å². The predicted octanol–water partition coefficient (Wildman–Crippen LogP) is 4.14. The molecule has 4 rings (SSSR count). The van der Waals surface area contributed by atoms with E-state index < -0.39 is 0 Å². The highest BCUT2D eigenvalue weighted by atomic mass is 79.9. The maximum Gasteiger partial charge on any atom is 0.258 e. The molecule has 0 fully saturated rings. The molecule has 0 amide bonds. The van der Waals surface area contributed by atoms with Crippen LogP contribution in [0.25, 0.3) is 21.7 Å². The van der Waals surface area contributed by atoms with Crippen molar-refractivity contribution < 1.29 is 5.11 Å². The van der Waals surface area contributed by atoms with E-state index >= 15 is 0 Å². The Morgan fingerprint density at radius 3 is 2.85 bits per heavy atom. The zero-order valence-electron chi connectivity index (χ0n) is 13.8. The largest absolute Gasteiger partial charge is 0.494 e. The fourth-order valence-corrected chi connectivity index (χ4v) is 3.48. The Hall–Kier alpha value is -2.86. The first kappa shape index (κ1) is 16.6. The monoisotopic (exact) mass is 409 g/mol. The molecule has 3 N–H and O–H groups in total. The van der Waals surface area contributed by atoms with E-state index in [4.69, 9.17) is 0 Å². The van der Waals surface area contributed by atoms with Gasteiger partial charge in [0.2, 0.25) is 5.88 Å². The highest BCUT2D eigenvalue weighted by Gasteiger charge is 2.09. The van der Waals surface area contributed by atoms with Crippen LogP contribution in [0.1, 0.15) is 11.1 Å². The van der Waals surface area contributed by atoms with E-state index in [9.17, 15) is 9.90 Å². The van der Waals surface area contributed by atoms with Gasteiger partial charge >= 0.3 is 0 Å². The number of fused-ring (bicyclic) bond motifs is 2. The lowest BCUT2D eigenvalue weighted by atomic mass is 10.1. The van der Waals surface area contributed by atoms with Crippen LogP contribution in [0.15, 0.2) is 62.9 Å². The zero-order chi connectivity index (χ0) is 18.1. The Balaban J connectivity index is 1.61. The maximum atomic E-state index is 12.0. The minimum absolute atomic E-state index is 0.170. The van der Waals surface area contributed by atoms with Crippen LogP contribution < -0.4 is 5.56 Å². The number of rotatable bonds is 4. The molecule has 2 aromatic carbocycles. The van der Waals surface area contributed by atoms with Gasteiger partial charge in [-0.15, -0.1) is 0 Å². The maximum absolute atomic E-state index is 12.0. The van der Waals surface area contributed by atoms with Gasteiger partial charge in [0, 0.05) is 45.1 Å². The average Bonchev–Trinajstić information content (AvgIpc) is 3.04. The molecule has 4 aromatic rings. The first-order valence-electron chi connectivity index (χ1n) is 8.23. The summed E-state index contributed by atoms with van der Waals surface area (Å²) >= 11 is 3.40. The van der Waals surface area contributed by atoms with Gasteiger partial charge in [0.05, 0.1) is 5.56 Å². The van der Waals surface area contributed by atoms with Gasteiger partial charge in [-0.1, -0.05) is 34.1 Å². The third-order valence-electron chi connectivity index (χ3n) is 4.41. The van der Waals surface area contributed by atoms with Crippen molar-refractivity contribution in [2.75, 3.05) is 6.54 Å². The fourth-order valence-electron chi connectivity index (χ4n) is 3.12. The highest BCUT2D eigenvalue weighted by molar-refractivity contribution is 9.10. The van der Waals surface area contributed by atoms with E-state index in [0.717, 1.165) is 16.4 Å². The number of halogens is 1. The fraction of sp³-hybridized carbons (Fsp3) is 0.100. The SMILES string of the molecule is O=c1[nH]c(O)c(C=NCCc2c[nH]c3ccccc23)c2cc(Br)ccc12. The zero-order valence-corrected chi connectivity index (χ0v) is 15.4. The van der Waals surface area contributed by atoms with Gasteiger partial charge in [-0.2, -0.15) is 0 Å². The molecule has 0 unspecified atom stereocenters. The molecule has 0 saturated heterocycles. The number of nitrogens with one attached hydrogen (secondary N) is 2. The normalized spacial score (nSPS) is 11.7. The quantitative estimate of drug-likeness (QED) is 0.442. The Bertz CT molecular complexity index is 1190. The van der Waals surface area contributed by atoms with Crippen molar-refractivity contribution in [1.82, 2.24) is 9.97 Å². The molecule has 5 nitrogen and oxygen atoms in total. The molecule has 0 spiro atoms. The van der Waals surface area contributed by atoms with Crippen LogP contribution in [-0.4, -0.2) is 27.8 Å². The number of benzene rings is 2. The number of hydrogen-bond donors (Lipinski definition) is 3. The van der Waals surface area contributed by atoms with Crippen LogP contribution >= 0.6 is 15.9 Å². The van der Waals surface area contributed by atoms with E-state index in [2.05, 4.69) is 37.0 Å². The standard InChI is InChI=1S/C20H16BrN3O2/c21-13-5-6-15-16(9-13)17(20(26)24-19(15)25)11-22-8-7-12-10-23-18-4-2-1-3-14(12)18/h1-6,9-11,23H,7-8H2,(H2,24,25,26). The first-order chi connectivity index (χ1) is 12.6. The Labute approximate surface area is 157 Å². The molecule has 0 saturated carbocycles. The van der Waals surface area contributed by atoms with Gasteiger partial charge in [-0.25, -0.2) is 0 Å². The van der Waals surface area contributed by atoms with Gasteiger partial charge in [0.15, 0.2) is 0 Å². The van der Waals surface area contributed by atoms with Crippen LogP contribution in [0.3, 0.4) is 0 Å². The van der Waals surface area contributed by atoms with E-state index in [1.54, 1.807) is 18.3 Å². The smallest absolute Gasteiger partial charge is 0.258 e. The van der Waals surface area contributed by atoms with Crippen LogP contribution in [-0.2, 0) is 6.42 Å². The highest BCUT2D eigenvalue weighted by Crippen LogP contribution is 2.24. The second-order valence-corrected chi connectivity index (χ2v) is 6.97. The van der Waals surface area contributed by atoms with Crippen molar-refractivity contribution in [3.63, 3.8) is 0 Å². The molecule has 0 radical (unpaired) electrons. The van der Waals surface area contributed by atoms with Crippen LogP contribution in [0, 0.1) is 0 Å². The molecule has 26 heavy (non-hydrogen) atoms. The summed E-state index contributed by atoms with van der Waals surface area (Å²) in [6.07, 6.45) is 4.41. The summed E-state index contributed by atoms with van der Waals surface area (Å²) in [5.41, 5.74) is 2.51. The third-order valence-corrected chi connectivity index (χ3v) is 4.90. The summed E-state index contributed by atoms with van der Waals surface area (Å²) in [5, 5.41) is 12.5. The van der Waals surface area contributed by atoms with Crippen LogP contribution in [0.2, 0.25) is 0 Å². The number of aliphatic imine (C=N–C) groups is 1. The number of aromatic amines is 2. The molecule has 0 aliphatic carbocycles. The number of hydrogen-bond acceptors (Lipinski definition) is 3. The number of H-pyrrole nitrogens is 2. The minimum Gasteiger partial charge on any atom is -0.494 e. The number of nitrogens with zero attached hydrogens (tertiary/aromatic N) is 1. The van der Waals surface area contributed by atoms with Gasteiger partial charge in [-0.3, -0.25) is 14.8 Å². The Morgan fingerprint density at radius 1 is 1.12 bits per heavy atom. The lowest BCUT2D eigenvalue weighted by Gasteiger charge is -2.05. The number of aromatic hydroxyl groups is 1. The molecule has 2 heterocycles. The van der Waals surface area contributed by atoms with Crippen molar-refractivity contribution in [2.45, 2.75) is 6.42 Å². The molecule has 6 heteroatoms. The van der Waals surface area contributed by atoms with Gasteiger partial charge in [0.1, 0.15) is 0 Å². The molecule has 2 aromatic heterocycles. The first-order valence-corrected chi connectivity index (χ1v) is 9.02. The van der Waals surface area contributed by atoms with Crippen molar-refractivity contribution in [3.8, 4) is 5.88 Å². The Kier molecular flexibility index (Phi) is 4.34. The molecule has 0 aliphatic rings. The summed E-state index contributed by atoms with van der Waals surface area (Å²) in [4.78, 5) is 22.2. The number of para-hydroxylation sites is 1. The average molecular weight is 410 g/mol.